The van der Waals surface area contributed by atoms with Gasteiger partial charge >= 0.3 is 0 Å². The van der Waals surface area contributed by atoms with Crippen LogP contribution in [0.15, 0.2) is 0 Å². The largest absolute Gasteiger partial charge is 0.324 e. The van der Waals surface area contributed by atoms with E-state index in [9.17, 15) is 0 Å². The average molecular weight is 252 g/mol. The Morgan fingerprint density at radius 1 is 0.944 bits per heavy atom. The van der Waals surface area contributed by atoms with Crippen molar-refractivity contribution in [2.45, 2.75) is 65.3 Å². The summed E-state index contributed by atoms with van der Waals surface area (Å²) in [6.07, 6.45) is 6.80. The van der Waals surface area contributed by atoms with Gasteiger partial charge in [0.15, 0.2) is 0 Å². The normalized spacial score (nSPS) is 30.8. The molecule has 18 heavy (non-hydrogen) atoms. The van der Waals surface area contributed by atoms with Crippen LogP contribution in [-0.4, -0.2) is 30.1 Å². The fourth-order valence-corrected chi connectivity index (χ4v) is 3.53. The summed E-state index contributed by atoms with van der Waals surface area (Å²) in [5.41, 5.74) is 7.01. The van der Waals surface area contributed by atoms with E-state index in [1.165, 1.54) is 45.2 Å². The smallest absolute Gasteiger partial charge is 0.0283 e. The van der Waals surface area contributed by atoms with E-state index in [1.807, 2.05) is 0 Å². The number of nitrogens with two attached hydrogens (primary N) is 1. The minimum atomic E-state index is 0.0571. The van der Waals surface area contributed by atoms with Gasteiger partial charge in [-0.3, -0.25) is 0 Å². The molecule has 1 saturated heterocycles. The average Bonchev–Trinajstić information content (AvgIpc) is 3.02. The van der Waals surface area contributed by atoms with E-state index in [1.54, 1.807) is 0 Å². The lowest BCUT2D eigenvalue weighted by Gasteiger charge is -2.33. The predicted octanol–water partition coefficient (Wildman–Crippen LogP) is 3.26. The molecule has 2 N–H and O–H groups in total. The second-order valence-corrected chi connectivity index (χ2v) is 8.05. The molecule has 0 amide bonds. The zero-order valence-corrected chi connectivity index (χ0v) is 12.8. The Hall–Kier alpha value is -0.0800. The van der Waals surface area contributed by atoms with Gasteiger partial charge in [0.1, 0.15) is 0 Å². The molecule has 2 atom stereocenters. The highest BCUT2D eigenvalue weighted by molar-refractivity contribution is 4.97. The maximum absolute atomic E-state index is 6.48. The van der Waals surface area contributed by atoms with Crippen LogP contribution < -0.4 is 5.73 Å². The molecule has 0 spiro atoms. The van der Waals surface area contributed by atoms with Crippen LogP contribution in [0.3, 0.4) is 0 Å². The Morgan fingerprint density at radius 2 is 1.61 bits per heavy atom. The van der Waals surface area contributed by atoms with Gasteiger partial charge in [0, 0.05) is 12.1 Å². The molecule has 2 heteroatoms. The van der Waals surface area contributed by atoms with Gasteiger partial charge < -0.3 is 10.6 Å². The fourth-order valence-electron chi connectivity index (χ4n) is 3.53. The van der Waals surface area contributed by atoms with Gasteiger partial charge in [-0.05, 0) is 69.4 Å². The topological polar surface area (TPSA) is 29.3 Å². The molecule has 1 aliphatic carbocycles. The van der Waals surface area contributed by atoms with Crippen molar-refractivity contribution in [3.63, 3.8) is 0 Å². The standard InChI is InChI=1S/C16H32N2/c1-15(2,3)13-6-5-10-18(11-9-13)12-16(4,17)14-7-8-14/h13-14H,5-12,17H2,1-4H3. The van der Waals surface area contributed by atoms with E-state index in [4.69, 9.17) is 5.73 Å². The van der Waals surface area contributed by atoms with Gasteiger partial charge in [-0.25, -0.2) is 0 Å². The van der Waals surface area contributed by atoms with Crippen LogP contribution >= 0.6 is 0 Å². The quantitative estimate of drug-likeness (QED) is 0.835. The Bertz CT molecular complexity index is 273. The molecule has 0 aromatic carbocycles. The van der Waals surface area contributed by atoms with Gasteiger partial charge in [0.05, 0.1) is 0 Å². The van der Waals surface area contributed by atoms with Crippen molar-refractivity contribution in [2.75, 3.05) is 19.6 Å². The summed E-state index contributed by atoms with van der Waals surface area (Å²) in [5.74, 6) is 1.67. The van der Waals surface area contributed by atoms with Crippen molar-refractivity contribution in [3.8, 4) is 0 Å². The molecule has 1 heterocycles. The summed E-state index contributed by atoms with van der Waals surface area (Å²) in [7, 11) is 0. The van der Waals surface area contributed by atoms with Crippen LogP contribution in [0, 0.1) is 17.3 Å². The molecular formula is C16H32N2. The molecule has 0 radical (unpaired) electrons. The zero-order chi connectivity index (χ0) is 13.4. The van der Waals surface area contributed by atoms with Gasteiger partial charge in [-0.1, -0.05) is 20.8 Å². The third kappa shape index (κ3) is 3.71. The van der Waals surface area contributed by atoms with Gasteiger partial charge in [0.25, 0.3) is 0 Å². The second-order valence-electron chi connectivity index (χ2n) is 8.05. The number of hydrogen-bond acceptors (Lipinski definition) is 2. The Balaban J connectivity index is 1.85. The van der Waals surface area contributed by atoms with Crippen LogP contribution in [-0.2, 0) is 0 Å². The monoisotopic (exact) mass is 252 g/mol. The fraction of sp³-hybridized carbons (Fsp3) is 1.00. The maximum Gasteiger partial charge on any atom is 0.0283 e. The lowest BCUT2D eigenvalue weighted by molar-refractivity contribution is 0.187. The highest BCUT2D eigenvalue weighted by Gasteiger charge is 2.39. The van der Waals surface area contributed by atoms with Crippen molar-refractivity contribution in [1.29, 1.82) is 0 Å². The number of rotatable bonds is 3. The molecule has 2 nitrogen and oxygen atoms in total. The first-order valence-corrected chi connectivity index (χ1v) is 7.80. The molecule has 1 saturated carbocycles. The zero-order valence-electron chi connectivity index (χ0n) is 12.8. The number of nitrogens with zero attached hydrogens (tertiary/aromatic N) is 1. The molecule has 2 aliphatic rings. The Labute approximate surface area is 113 Å². The Kier molecular flexibility index (Phi) is 4.08. The molecule has 2 unspecified atom stereocenters. The highest BCUT2D eigenvalue weighted by atomic mass is 15.1. The summed E-state index contributed by atoms with van der Waals surface area (Å²) in [4.78, 5) is 2.63. The number of likely N-dealkylation sites (tertiary alicyclic amines) is 1. The maximum atomic E-state index is 6.48. The minimum Gasteiger partial charge on any atom is -0.324 e. The van der Waals surface area contributed by atoms with Crippen LogP contribution in [0.25, 0.3) is 0 Å². The van der Waals surface area contributed by atoms with Crippen LogP contribution in [0.4, 0.5) is 0 Å². The lowest BCUT2D eigenvalue weighted by Crippen LogP contribution is -2.49. The van der Waals surface area contributed by atoms with E-state index in [2.05, 4.69) is 32.6 Å². The van der Waals surface area contributed by atoms with E-state index in [-0.39, 0.29) is 5.54 Å². The van der Waals surface area contributed by atoms with Gasteiger partial charge in [-0.15, -0.1) is 0 Å². The molecule has 0 aromatic heterocycles. The summed E-state index contributed by atoms with van der Waals surface area (Å²) >= 11 is 0. The molecular weight excluding hydrogens is 220 g/mol. The van der Waals surface area contributed by atoms with Crippen molar-refractivity contribution in [1.82, 2.24) is 4.90 Å². The van der Waals surface area contributed by atoms with Crippen molar-refractivity contribution >= 4 is 0 Å². The SMILES string of the molecule is CC(C)(C)C1CCCN(CC(C)(N)C2CC2)CC1. The van der Waals surface area contributed by atoms with E-state index in [0.717, 1.165) is 18.4 Å². The van der Waals surface area contributed by atoms with E-state index >= 15 is 0 Å². The first-order valence-electron chi connectivity index (χ1n) is 7.80. The molecule has 0 aromatic rings. The molecule has 0 bridgehead atoms. The summed E-state index contributed by atoms with van der Waals surface area (Å²) in [5, 5.41) is 0. The van der Waals surface area contributed by atoms with Crippen molar-refractivity contribution in [2.24, 2.45) is 23.0 Å². The molecule has 106 valence electrons. The van der Waals surface area contributed by atoms with Gasteiger partial charge in [-0.2, -0.15) is 0 Å². The third-order valence-corrected chi connectivity index (χ3v) is 5.12. The summed E-state index contributed by atoms with van der Waals surface area (Å²) in [6.45, 7) is 13.1. The Morgan fingerprint density at radius 3 is 2.17 bits per heavy atom. The highest BCUT2D eigenvalue weighted by Crippen LogP contribution is 2.39. The lowest BCUT2D eigenvalue weighted by atomic mass is 9.77. The summed E-state index contributed by atoms with van der Waals surface area (Å²) < 4.78 is 0. The van der Waals surface area contributed by atoms with Crippen LogP contribution in [0.5, 0.6) is 0 Å². The predicted molar refractivity (Wildman–Crippen MR) is 78.6 cm³/mol. The van der Waals surface area contributed by atoms with Crippen LogP contribution in [0.2, 0.25) is 0 Å². The number of hydrogen-bond donors (Lipinski definition) is 1. The van der Waals surface area contributed by atoms with Crippen molar-refractivity contribution < 1.29 is 0 Å². The second kappa shape index (κ2) is 5.13. The minimum absolute atomic E-state index is 0.0571. The van der Waals surface area contributed by atoms with E-state index < -0.39 is 0 Å². The molecule has 2 fully saturated rings. The van der Waals surface area contributed by atoms with Crippen molar-refractivity contribution in [3.05, 3.63) is 0 Å². The molecule has 1 aliphatic heterocycles. The summed E-state index contributed by atoms with van der Waals surface area (Å²) in [6, 6.07) is 0. The third-order valence-electron chi connectivity index (χ3n) is 5.12. The molecule has 2 rings (SSSR count). The first kappa shape index (κ1) is 14.3. The van der Waals surface area contributed by atoms with E-state index in [0.29, 0.717) is 5.41 Å². The first-order chi connectivity index (χ1) is 8.29. The van der Waals surface area contributed by atoms with Gasteiger partial charge in [0.2, 0.25) is 0 Å². The van der Waals surface area contributed by atoms with Crippen LogP contribution in [0.1, 0.15) is 59.8 Å².